The first kappa shape index (κ1) is 13.3. The van der Waals surface area contributed by atoms with E-state index in [0.29, 0.717) is 16.8 Å². The summed E-state index contributed by atoms with van der Waals surface area (Å²) in [6.45, 7) is 1.96. The minimum absolute atomic E-state index is 0.0405. The van der Waals surface area contributed by atoms with Crippen molar-refractivity contribution in [2.24, 2.45) is 4.99 Å². The number of Topliss-reactive ketones (excluding diaryl/α,β-unsaturated/α-hetero) is 1. The summed E-state index contributed by atoms with van der Waals surface area (Å²) in [7, 11) is 0. The summed E-state index contributed by atoms with van der Waals surface area (Å²) in [4.78, 5) is 20.0. The molecule has 2 heterocycles. The lowest BCUT2D eigenvalue weighted by Gasteiger charge is -2.03. The number of aromatic amines is 1. The minimum atomic E-state index is -0.166. The largest absolute Gasteiger partial charge is 0.494 e. The van der Waals surface area contributed by atoms with Crippen LogP contribution in [0.2, 0.25) is 0 Å². The van der Waals surface area contributed by atoms with Crippen molar-refractivity contribution in [1.29, 1.82) is 0 Å². The SMILES string of the molecule is Cc1ccc2[nH]c(O)c(C3=Nc4ccccc4C3=O)c2c1Br. The number of ketones is 1. The molecular weight excluding hydrogens is 344 g/mol. The normalized spacial score (nSPS) is 13.5. The summed E-state index contributed by atoms with van der Waals surface area (Å²) in [5.41, 5.74) is 3.71. The van der Waals surface area contributed by atoms with E-state index in [1.54, 1.807) is 12.1 Å². The number of fused-ring (bicyclic) bond motifs is 2. The molecule has 4 rings (SSSR count). The number of rotatable bonds is 1. The topological polar surface area (TPSA) is 65.4 Å². The monoisotopic (exact) mass is 354 g/mol. The first-order valence-electron chi connectivity index (χ1n) is 6.80. The predicted molar refractivity (Wildman–Crippen MR) is 89.4 cm³/mol. The van der Waals surface area contributed by atoms with Crippen LogP contribution >= 0.6 is 15.9 Å². The van der Waals surface area contributed by atoms with Gasteiger partial charge in [0.2, 0.25) is 5.78 Å². The number of benzene rings is 2. The van der Waals surface area contributed by atoms with Crippen LogP contribution in [0.4, 0.5) is 5.69 Å². The summed E-state index contributed by atoms with van der Waals surface area (Å²) >= 11 is 3.55. The smallest absolute Gasteiger partial charge is 0.214 e. The molecule has 0 fully saturated rings. The predicted octanol–water partition coefficient (Wildman–Crippen LogP) is 4.26. The van der Waals surface area contributed by atoms with E-state index in [0.717, 1.165) is 20.9 Å². The Labute approximate surface area is 134 Å². The average molecular weight is 355 g/mol. The number of hydrogen-bond acceptors (Lipinski definition) is 3. The van der Waals surface area contributed by atoms with E-state index in [4.69, 9.17) is 0 Å². The molecule has 0 aliphatic carbocycles. The number of nitrogens with zero attached hydrogens (tertiary/aromatic N) is 1. The third-order valence-electron chi connectivity index (χ3n) is 3.91. The van der Waals surface area contributed by atoms with Gasteiger partial charge < -0.3 is 10.1 Å². The van der Waals surface area contributed by atoms with Crippen LogP contribution in [0, 0.1) is 6.92 Å². The minimum Gasteiger partial charge on any atom is -0.494 e. The molecule has 0 unspecified atom stereocenters. The van der Waals surface area contributed by atoms with Gasteiger partial charge in [-0.1, -0.05) is 18.2 Å². The molecule has 2 N–H and O–H groups in total. The molecule has 4 nitrogen and oxygen atoms in total. The highest BCUT2D eigenvalue weighted by atomic mass is 79.9. The second kappa shape index (κ2) is 4.55. The lowest BCUT2D eigenvalue weighted by Crippen LogP contribution is -2.11. The molecule has 1 aliphatic heterocycles. The van der Waals surface area contributed by atoms with Crippen LogP contribution in [0.1, 0.15) is 21.5 Å². The zero-order chi connectivity index (χ0) is 15.4. The number of aryl methyl sites for hydroxylation is 1. The molecule has 0 atom stereocenters. The van der Waals surface area contributed by atoms with Crippen molar-refractivity contribution >= 4 is 44.0 Å². The van der Waals surface area contributed by atoms with Crippen molar-refractivity contribution in [2.75, 3.05) is 0 Å². The Hall–Kier alpha value is -2.40. The Morgan fingerprint density at radius 3 is 2.73 bits per heavy atom. The second-order valence-corrected chi connectivity index (χ2v) is 6.07. The third kappa shape index (κ3) is 1.69. The van der Waals surface area contributed by atoms with E-state index < -0.39 is 0 Å². The summed E-state index contributed by atoms with van der Waals surface area (Å²) < 4.78 is 0.850. The standard InChI is InChI=1S/C17H11BrN2O2/c1-8-6-7-11-12(14(8)18)13(17(22)20-11)15-16(21)9-4-2-3-5-10(9)19-15/h2-7,20,22H,1H3. The maximum absolute atomic E-state index is 12.6. The van der Waals surface area contributed by atoms with Gasteiger partial charge in [-0.15, -0.1) is 0 Å². The van der Waals surface area contributed by atoms with E-state index in [1.165, 1.54) is 0 Å². The summed E-state index contributed by atoms with van der Waals surface area (Å²) in [5, 5.41) is 11.1. The molecule has 0 spiro atoms. The fourth-order valence-corrected chi connectivity index (χ4v) is 3.34. The number of carbonyl (C=O) groups excluding carboxylic acids is 1. The number of halogens is 1. The van der Waals surface area contributed by atoms with Gasteiger partial charge in [0.1, 0.15) is 5.71 Å². The van der Waals surface area contributed by atoms with Gasteiger partial charge in [-0.2, -0.15) is 0 Å². The summed E-state index contributed by atoms with van der Waals surface area (Å²) in [6.07, 6.45) is 0. The number of para-hydroxylation sites is 1. The van der Waals surface area contributed by atoms with Gasteiger partial charge in [0.15, 0.2) is 5.88 Å². The molecule has 0 saturated heterocycles. The molecule has 1 aromatic heterocycles. The molecule has 0 amide bonds. The van der Waals surface area contributed by atoms with Gasteiger partial charge in [0.05, 0.1) is 16.8 Å². The number of aromatic hydroxyl groups is 1. The number of hydrogen-bond donors (Lipinski definition) is 2. The van der Waals surface area contributed by atoms with Crippen LogP contribution in [-0.2, 0) is 0 Å². The van der Waals surface area contributed by atoms with Crippen molar-refractivity contribution in [2.45, 2.75) is 6.92 Å². The van der Waals surface area contributed by atoms with Crippen LogP contribution in [0.25, 0.3) is 10.9 Å². The van der Waals surface area contributed by atoms with Crippen molar-refractivity contribution in [3.63, 3.8) is 0 Å². The van der Waals surface area contributed by atoms with Crippen LogP contribution in [0.3, 0.4) is 0 Å². The van der Waals surface area contributed by atoms with E-state index in [-0.39, 0.29) is 17.4 Å². The molecule has 5 heteroatoms. The lowest BCUT2D eigenvalue weighted by molar-refractivity contribution is 0.107. The Bertz CT molecular complexity index is 986. The first-order chi connectivity index (χ1) is 10.6. The van der Waals surface area contributed by atoms with E-state index in [2.05, 4.69) is 25.9 Å². The number of carbonyl (C=O) groups is 1. The summed E-state index contributed by atoms with van der Waals surface area (Å²) in [5.74, 6) is -0.207. The molecule has 0 radical (unpaired) electrons. The maximum atomic E-state index is 12.6. The molecule has 0 bridgehead atoms. The fraction of sp³-hybridized carbons (Fsp3) is 0.0588. The van der Waals surface area contributed by atoms with Gasteiger partial charge in [0.25, 0.3) is 0 Å². The highest BCUT2D eigenvalue weighted by Crippen LogP contribution is 2.39. The van der Waals surface area contributed by atoms with Gasteiger partial charge in [-0.25, -0.2) is 4.99 Å². The molecule has 3 aromatic rings. The maximum Gasteiger partial charge on any atom is 0.214 e. The Morgan fingerprint density at radius 2 is 1.95 bits per heavy atom. The van der Waals surface area contributed by atoms with Crippen molar-refractivity contribution in [3.8, 4) is 5.88 Å². The molecule has 2 aromatic carbocycles. The van der Waals surface area contributed by atoms with Gasteiger partial charge in [-0.05, 0) is 46.6 Å². The number of aliphatic imine (C=N–C) groups is 1. The van der Waals surface area contributed by atoms with Crippen LogP contribution in [-0.4, -0.2) is 21.6 Å². The van der Waals surface area contributed by atoms with Crippen LogP contribution in [0.15, 0.2) is 45.9 Å². The molecule has 22 heavy (non-hydrogen) atoms. The highest BCUT2D eigenvalue weighted by molar-refractivity contribution is 9.10. The molecular formula is C17H11BrN2O2. The van der Waals surface area contributed by atoms with E-state index >= 15 is 0 Å². The molecule has 108 valence electrons. The van der Waals surface area contributed by atoms with Crippen LogP contribution in [0.5, 0.6) is 5.88 Å². The average Bonchev–Trinajstić information content (AvgIpc) is 3.01. The Kier molecular flexibility index (Phi) is 2.74. The van der Waals surface area contributed by atoms with Gasteiger partial charge in [0, 0.05) is 15.4 Å². The molecule has 1 aliphatic rings. The number of nitrogens with one attached hydrogen (secondary N) is 1. The second-order valence-electron chi connectivity index (χ2n) is 5.27. The zero-order valence-corrected chi connectivity index (χ0v) is 13.2. The van der Waals surface area contributed by atoms with Crippen molar-refractivity contribution in [1.82, 2.24) is 4.98 Å². The van der Waals surface area contributed by atoms with E-state index in [1.807, 2.05) is 31.2 Å². The van der Waals surface area contributed by atoms with Gasteiger partial charge >= 0.3 is 0 Å². The van der Waals surface area contributed by atoms with E-state index in [9.17, 15) is 9.90 Å². The third-order valence-corrected chi connectivity index (χ3v) is 4.93. The number of H-pyrrole nitrogens is 1. The van der Waals surface area contributed by atoms with Gasteiger partial charge in [-0.3, -0.25) is 4.79 Å². The quantitative estimate of drug-likeness (QED) is 0.685. The first-order valence-corrected chi connectivity index (χ1v) is 7.59. The number of aromatic nitrogens is 1. The fourth-order valence-electron chi connectivity index (χ4n) is 2.80. The Balaban J connectivity index is 2.03. The molecule has 0 saturated carbocycles. The highest BCUT2D eigenvalue weighted by Gasteiger charge is 2.30. The zero-order valence-electron chi connectivity index (χ0n) is 11.6. The van der Waals surface area contributed by atoms with Crippen LogP contribution < -0.4 is 0 Å². The van der Waals surface area contributed by atoms with Crippen molar-refractivity contribution < 1.29 is 9.90 Å². The van der Waals surface area contributed by atoms with Crippen molar-refractivity contribution in [3.05, 3.63) is 57.6 Å². The Morgan fingerprint density at radius 1 is 1.18 bits per heavy atom. The lowest BCUT2D eigenvalue weighted by atomic mass is 10.0. The summed E-state index contributed by atoms with van der Waals surface area (Å²) in [6, 6.07) is 11.0.